The fourth-order valence-electron chi connectivity index (χ4n) is 1.99. The van der Waals surface area contributed by atoms with E-state index in [1.54, 1.807) is 31.2 Å². The number of amides is 2. The summed E-state index contributed by atoms with van der Waals surface area (Å²) >= 11 is 0. The summed E-state index contributed by atoms with van der Waals surface area (Å²) in [5.41, 5.74) is 1.24. The maximum absolute atomic E-state index is 13.5. The minimum absolute atomic E-state index is 0.165. The highest BCUT2D eigenvalue weighted by molar-refractivity contribution is 5.99. The molecule has 0 saturated heterocycles. The molecule has 0 unspecified atom stereocenters. The summed E-state index contributed by atoms with van der Waals surface area (Å²) in [6.45, 7) is 1.65. The van der Waals surface area contributed by atoms with Crippen molar-refractivity contribution in [1.82, 2.24) is 9.97 Å². The fraction of sp³-hybridized carbons (Fsp3) is 0.0556. The maximum atomic E-state index is 13.5. The van der Waals surface area contributed by atoms with Crippen LogP contribution in [0.5, 0.6) is 11.8 Å². The first-order valence-electron chi connectivity index (χ1n) is 7.49. The summed E-state index contributed by atoms with van der Waals surface area (Å²) in [5, 5.41) is 5.10. The molecule has 126 valence electrons. The van der Waals surface area contributed by atoms with Crippen molar-refractivity contribution < 1.29 is 13.9 Å². The van der Waals surface area contributed by atoms with E-state index in [0.717, 1.165) is 0 Å². The molecule has 2 amide bonds. The number of carbonyl (C=O) groups is 1. The third-order valence-electron chi connectivity index (χ3n) is 3.27. The van der Waals surface area contributed by atoms with Gasteiger partial charge in [-0.3, -0.25) is 0 Å². The van der Waals surface area contributed by atoms with E-state index in [4.69, 9.17) is 4.74 Å². The normalized spacial score (nSPS) is 10.2. The van der Waals surface area contributed by atoms with Crippen LogP contribution in [0.1, 0.15) is 5.56 Å². The average Bonchev–Trinajstić information content (AvgIpc) is 2.61. The third-order valence-corrected chi connectivity index (χ3v) is 3.27. The number of aromatic nitrogens is 2. The van der Waals surface area contributed by atoms with Gasteiger partial charge in [0, 0.05) is 5.69 Å². The molecule has 0 radical (unpaired) electrons. The summed E-state index contributed by atoms with van der Waals surface area (Å²) in [6, 6.07) is 13.2. The fourth-order valence-corrected chi connectivity index (χ4v) is 1.99. The Hall–Kier alpha value is -3.48. The van der Waals surface area contributed by atoms with Gasteiger partial charge in [0.2, 0.25) is 0 Å². The summed E-state index contributed by atoms with van der Waals surface area (Å²) < 4.78 is 18.9. The Balaban J connectivity index is 1.59. The number of para-hydroxylation sites is 1. The van der Waals surface area contributed by atoms with Crippen molar-refractivity contribution in [3.63, 3.8) is 0 Å². The van der Waals surface area contributed by atoms with Gasteiger partial charge in [-0.2, -0.15) is 0 Å². The summed E-state index contributed by atoms with van der Waals surface area (Å²) in [6.07, 6.45) is 2.83. The Morgan fingerprint density at radius 3 is 2.36 bits per heavy atom. The van der Waals surface area contributed by atoms with Crippen LogP contribution in [-0.4, -0.2) is 16.0 Å². The van der Waals surface area contributed by atoms with Crippen molar-refractivity contribution in [2.45, 2.75) is 6.92 Å². The van der Waals surface area contributed by atoms with Gasteiger partial charge >= 0.3 is 12.0 Å². The molecule has 6 nitrogen and oxygen atoms in total. The molecule has 0 aliphatic heterocycles. The van der Waals surface area contributed by atoms with E-state index in [1.807, 2.05) is 18.2 Å². The number of anilines is 2. The van der Waals surface area contributed by atoms with Crippen molar-refractivity contribution >= 4 is 17.4 Å². The molecular formula is C18H15FN4O2. The zero-order valence-corrected chi connectivity index (χ0v) is 13.4. The first-order valence-corrected chi connectivity index (χ1v) is 7.49. The van der Waals surface area contributed by atoms with Gasteiger partial charge in [0.1, 0.15) is 11.6 Å². The maximum Gasteiger partial charge on any atom is 0.323 e. The molecule has 3 aromatic rings. The number of benzene rings is 2. The number of halogens is 1. The zero-order chi connectivity index (χ0) is 17.6. The van der Waals surface area contributed by atoms with Crippen LogP contribution in [0.3, 0.4) is 0 Å². The van der Waals surface area contributed by atoms with Crippen LogP contribution in [0.4, 0.5) is 20.6 Å². The van der Waals surface area contributed by atoms with E-state index < -0.39 is 6.03 Å². The zero-order valence-electron chi connectivity index (χ0n) is 13.4. The highest BCUT2D eigenvalue weighted by Gasteiger charge is 2.06. The van der Waals surface area contributed by atoms with E-state index in [0.29, 0.717) is 22.7 Å². The third kappa shape index (κ3) is 4.51. The Labute approximate surface area is 143 Å². The van der Waals surface area contributed by atoms with Gasteiger partial charge in [0.15, 0.2) is 0 Å². The molecular weight excluding hydrogens is 323 g/mol. The summed E-state index contributed by atoms with van der Waals surface area (Å²) in [5.74, 6) is 0.228. The molecule has 2 N–H and O–H groups in total. The van der Waals surface area contributed by atoms with Gasteiger partial charge < -0.3 is 15.4 Å². The lowest BCUT2D eigenvalue weighted by Crippen LogP contribution is -2.19. The van der Waals surface area contributed by atoms with Gasteiger partial charge in [0.25, 0.3) is 0 Å². The van der Waals surface area contributed by atoms with E-state index in [-0.39, 0.29) is 11.8 Å². The topological polar surface area (TPSA) is 76.1 Å². The first kappa shape index (κ1) is 16.4. The highest BCUT2D eigenvalue weighted by atomic mass is 19.1. The smallest absolute Gasteiger partial charge is 0.323 e. The van der Waals surface area contributed by atoms with Crippen LogP contribution in [0.25, 0.3) is 0 Å². The number of hydrogen-bond donors (Lipinski definition) is 2. The molecule has 0 atom stereocenters. The monoisotopic (exact) mass is 338 g/mol. The van der Waals surface area contributed by atoms with Crippen LogP contribution in [0.15, 0.2) is 60.9 Å². The number of urea groups is 1. The van der Waals surface area contributed by atoms with E-state index in [1.165, 1.54) is 18.5 Å². The number of carbonyl (C=O) groups excluding carboxylic acids is 1. The molecule has 1 heterocycles. The molecule has 7 heteroatoms. The Kier molecular flexibility index (Phi) is 4.84. The minimum atomic E-state index is -0.524. The lowest BCUT2D eigenvalue weighted by Gasteiger charge is -2.08. The number of nitrogens with one attached hydrogen (secondary N) is 2. The minimum Gasteiger partial charge on any atom is -0.424 e. The van der Waals surface area contributed by atoms with Gasteiger partial charge in [0.05, 0.1) is 18.1 Å². The van der Waals surface area contributed by atoms with Crippen LogP contribution < -0.4 is 15.4 Å². The predicted molar refractivity (Wildman–Crippen MR) is 92.3 cm³/mol. The summed E-state index contributed by atoms with van der Waals surface area (Å²) in [7, 11) is 0. The van der Waals surface area contributed by atoms with Crippen LogP contribution in [-0.2, 0) is 0 Å². The Morgan fingerprint density at radius 2 is 1.68 bits per heavy atom. The second-order valence-electron chi connectivity index (χ2n) is 5.21. The molecule has 2 aromatic carbocycles. The molecule has 25 heavy (non-hydrogen) atoms. The quantitative estimate of drug-likeness (QED) is 0.741. The number of ether oxygens (including phenoxy) is 1. The van der Waals surface area contributed by atoms with Gasteiger partial charge in [-0.1, -0.05) is 24.3 Å². The molecule has 1 aromatic heterocycles. The lowest BCUT2D eigenvalue weighted by molar-refractivity contribution is 0.262. The molecule has 3 rings (SSSR count). The van der Waals surface area contributed by atoms with Gasteiger partial charge in [-0.05, 0) is 36.8 Å². The van der Waals surface area contributed by atoms with E-state index in [2.05, 4.69) is 20.6 Å². The van der Waals surface area contributed by atoms with Crippen molar-refractivity contribution in [3.05, 3.63) is 72.3 Å². The van der Waals surface area contributed by atoms with Crippen molar-refractivity contribution in [2.24, 2.45) is 0 Å². The molecule has 0 aliphatic rings. The molecule has 0 saturated carbocycles. The standard InChI is InChI=1S/C18H15FN4O2/c1-12-7-8-13(9-16(12)19)22-17(24)23-14-10-20-18(21-11-14)25-15-5-3-2-4-6-15/h2-11H,1H3,(H2,22,23,24). The van der Waals surface area contributed by atoms with Crippen molar-refractivity contribution in [2.75, 3.05) is 10.6 Å². The predicted octanol–water partition coefficient (Wildman–Crippen LogP) is 4.36. The number of rotatable bonds is 4. The van der Waals surface area contributed by atoms with Crippen molar-refractivity contribution in [1.29, 1.82) is 0 Å². The first-order chi connectivity index (χ1) is 12.1. The second-order valence-corrected chi connectivity index (χ2v) is 5.21. The molecule has 0 bridgehead atoms. The SMILES string of the molecule is Cc1ccc(NC(=O)Nc2cnc(Oc3ccccc3)nc2)cc1F. The van der Waals surface area contributed by atoms with Crippen LogP contribution >= 0.6 is 0 Å². The highest BCUT2D eigenvalue weighted by Crippen LogP contribution is 2.18. The molecule has 0 fully saturated rings. The molecule has 0 aliphatic carbocycles. The van der Waals surface area contributed by atoms with Crippen molar-refractivity contribution in [3.8, 4) is 11.8 Å². The van der Waals surface area contributed by atoms with Crippen LogP contribution in [0.2, 0.25) is 0 Å². The lowest BCUT2D eigenvalue weighted by atomic mass is 10.2. The average molecular weight is 338 g/mol. The second kappa shape index (κ2) is 7.39. The van der Waals surface area contributed by atoms with Crippen LogP contribution in [0, 0.1) is 12.7 Å². The Bertz CT molecular complexity index is 870. The van der Waals surface area contributed by atoms with E-state index >= 15 is 0 Å². The van der Waals surface area contributed by atoms with E-state index in [9.17, 15) is 9.18 Å². The number of aryl methyl sites for hydroxylation is 1. The summed E-state index contributed by atoms with van der Waals surface area (Å²) in [4.78, 5) is 20.0. The van der Waals surface area contributed by atoms with Gasteiger partial charge in [-0.25, -0.2) is 19.2 Å². The number of hydrogen-bond acceptors (Lipinski definition) is 4. The number of nitrogens with zero attached hydrogens (tertiary/aromatic N) is 2. The molecule has 0 spiro atoms. The largest absolute Gasteiger partial charge is 0.424 e. The Morgan fingerprint density at radius 1 is 1.00 bits per heavy atom. The van der Waals surface area contributed by atoms with Gasteiger partial charge in [-0.15, -0.1) is 0 Å².